The van der Waals surface area contributed by atoms with Gasteiger partial charge in [0.05, 0.1) is 12.2 Å². The van der Waals surface area contributed by atoms with Crippen LogP contribution >= 0.6 is 0 Å². The fourth-order valence-electron chi connectivity index (χ4n) is 2.96. The summed E-state index contributed by atoms with van der Waals surface area (Å²) in [6.45, 7) is 1.98. The number of nitrogens with zero attached hydrogens (tertiary/aromatic N) is 1. The molecule has 1 amide bonds. The molecule has 1 saturated carbocycles. The van der Waals surface area contributed by atoms with Gasteiger partial charge >= 0.3 is 0 Å². The van der Waals surface area contributed by atoms with E-state index in [9.17, 15) is 10.1 Å². The molecule has 0 spiro atoms. The second-order valence-corrected chi connectivity index (χ2v) is 5.53. The van der Waals surface area contributed by atoms with Gasteiger partial charge in [-0.3, -0.25) is 4.79 Å². The topological polar surface area (TPSA) is 62.1 Å². The molecule has 2 fully saturated rings. The monoisotopic (exact) mass is 250 g/mol. The summed E-state index contributed by atoms with van der Waals surface area (Å²) in [7, 11) is 0. The van der Waals surface area contributed by atoms with Crippen molar-refractivity contribution in [3.63, 3.8) is 0 Å². The first kappa shape index (κ1) is 13.4. The van der Waals surface area contributed by atoms with Crippen LogP contribution in [0.3, 0.4) is 0 Å². The van der Waals surface area contributed by atoms with Crippen molar-refractivity contribution in [3.8, 4) is 6.07 Å². The molecule has 3 unspecified atom stereocenters. The van der Waals surface area contributed by atoms with E-state index >= 15 is 0 Å². The zero-order chi connectivity index (χ0) is 13.0. The average Bonchev–Trinajstić information content (AvgIpc) is 2.83. The molecule has 0 aromatic rings. The standard InChI is InChI=1S/C14H22N2O2/c1-10-7-8-13(18-10)14(17)16-12(9-15)11-5-3-2-4-6-11/h10-13H,2-8H2,1H3,(H,16,17). The van der Waals surface area contributed by atoms with Gasteiger partial charge in [-0.25, -0.2) is 0 Å². The summed E-state index contributed by atoms with van der Waals surface area (Å²) in [4.78, 5) is 12.0. The Balaban J connectivity index is 1.86. The molecule has 1 aliphatic heterocycles. The molecule has 1 aliphatic carbocycles. The van der Waals surface area contributed by atoms with Crippen LogP contribution in [0.1, 0.15) is 51.9 Å². The molecule has 4 heteroatoms. The lowest BCUT2D eigenvalue weighted by atomic mass is 9.84. The summed E-state index contributed by atoms with van der Waals surface area (Å²) < 4.78 is 5.53. The highest BCUT2D eigenvalue weighted by molar-refractivity contribution is 5.81. The van der Waals surface area contributed by atoms with E-state index in [4.69, 9.17) is 4.74 Å². The van der Waals surface area contributed by atoms with E-state index in [0.717, 1.165) is 25.7 Å². The normalized spacial score (nSPS) is 30.7. The smallest absolute Gasteiger partial charge is 0.250 e. The van der Waals surface area contributed by atoms with Crippen LogP contribution in [-0.4, -0.2) is 24.2 Å². The molecule has 100 valence electrons. The number of nitriles is 1. The van der Waals surface area contributed by atoms with Crippen LogP contribution in [0, 0.1) is 17.2 Å². The van der Waals surface area contributed by atoms with Gasteiger partial charge in [0.1, 0.15) is 12.1 Å². The molecule has 1 saturated heterocycles. The lowest BCUT2D eigenvalue weighted by molar-refractivity contribution is -0.132. The summed E-state index contributed by atoms with van der Waals surface area (Å²) in [6.07, 6.45) is 7.24. The molecular weight excluding hydrogens is 228 g/mol. The number of hydrogen-bond donors (Lipinski definition) is 1. The summed E-state index contributed by atoms with van der Waals surface area (Å²) in [5.74, 6) is 0.225. The Morgan fingerprint density at radius 2 is 2.00 bits per heavy atom. The summed E-state index contributed by atoms with van der Waals surface area (Å²) >= 11 is 0. The van der Waals surface area contributed by atoms with Gasteiger partial charge in [0, 0.05) is 0 Å². The van der Waals surface area contributed by atoms with E-state index in [1.165, 1.54) is 19.3 Å². The third kappa shape index (κ3) is 3.23. The maximum atomic E-state index is 12.0. The van der Waals surface area contributed by atoms with Gasteiger partial charge in [0.25, 0.3) is 0 Å². The fraction of sp³-hybridized carbons (Fsp3) is 0.857. The molecule has 2 rings (SSSR count). The second kappa shape index (κ2) is 6.19. The highest BCUT2D eigenvalue weighted by atomic mass is 16.5. The van der Waals surface area contributed by atoms with Gasteiger partial charge in [0.2, 0.25) is 5.91 Å². The van der Waals surface area contributed by atoms with Crippen molar-refractivity contribution in [3.05, 3.63) is 0 Å². The lowest BCUT2D eigenvalue weighted by Crippen LogP contribution is -2.44. The Kier molecular flexibility index (Phi) is 4.60. The molecule has 18 heavy (non-hydrogen) atoms. The van der Waals surface area contributed by atoms with Crippen LogP contribution < -0.4 is 5.32 Å². The third-order valence-electron chi connectivity index (χ3n) is 4.08. The molecular formula is C14H22N2O2. The Bertz CT molecular complexity index is 331. The van der Waals surface area contributed by atoms with E-state index in [0.29, 0.717) is 5.92 Å². The molecule has 0 aromatic heterocycles. The Morgan fingerprint density at radius 3 is 2.56 bits per heavy atom. The molecule has 0 radical (unpaired) electrons. The number of ether oxygens (including phenoxy) is 1. The first-order valence-corrected chi connectivity index (χ1v) is 7.06. The van der Waals surface area contributed by atoms with Gasteiger partial charge in [-0.2, -0.15) is 5.26 Å². The largest absolute Gasteiger partial charge is 0.365 e. The van der Waals surface area contributed by atoms with Crippen molar-refractivity contribution in [2.24, 2.45) is 5.92 Å². The minimum Gasteiger partial charge on any atom is -0.365 e. The number of amides is 1. The highest BCUT2D eigenvalue weighted by Gasteiger charge is 2.31. The van der Waals surface area contributed by atoms with Crippen LogP contribution in [0.25, 0.3) is 0 Å². The van der Waals surface area contributed by atoms with E-state index in [1.807, 2.05) is 6.92 Å². The Labute approximate surface area is 109 Å². The minimum atomic E-state index is -0.348. The van der Waals surface area contributed by atoms with E-state index < -0.39 is 0 Å². The van der Waals surface area contributed by atoms with E-state index in [2.05, 4.69) is 11.4 Å². The van der Waals surface area contributed by atoms with Crippen molar-refractivity contribution in [2.75, 3.05) is 0 Å². The number of hydrogen-bond acceptors (Lipinski definition) is 3. The quantitative estimate of drug-likeness (QED) is 0.834. The van der Waals surface area contributed by atoms with Crippen molar-refractivity contribution >= 4 is 5.91 Å². The van der Waals surface area contributed by atoms with Crippen molar-refractivity contribution in [1.82, 2.24) is 5.32 Å². The summed E-state index contributed by atoms with van der Waals surface area (Å²) in [6, 6.07) is 1.91. The first-order chi connectivity index (χ1) is 8.70. The molecule has 1 N–H and O–H groups in total. The van der Waals surface area contributed by atoms with Gasteiger partial charge in [-0.1, -0.05) is 19.3 Å². The molecule has 4 nitrogen and oxygen atoms in total. The number of rotatable bonds is 3. The zero-order valence-corrected chi connectivity index (χ0v) is 11.0. The predicted molar refractivity (Wildman–Crippen MR) is 67.7 cm³/mol. The van der Waals surface area contributed by atoms with Crippen LogP contribution in [0.2, 0.25) is 0 Å². The van der Waals surface area contributed by atoms with E-state index in [1.54, 1.807) is 0 Å². The van der Waals surface area contributed by atoms with E-state index in [-0.39, 0.29) is 24.2 Å². The number of nitrogens with one attached hydrogen (secondary N) is 1. The maximum Gasteiger partial charge on any atom is 0.250 e. The van der Waals surface area contributed by atoms with Crippen LogP contribution in [0.15, 0.2) is 0 Å². The second-order valence-electron chi connectivity index (χ2n) is 5.53. The SMILES string of the molecule is CC1CCC(C(=O)NC(C#N)C2CCCCC2)O1. The average molecular weight is 250 g/mol. The molecule has 2 aliphatic rings. The molecule has 0 bridgehead atoms. The van der Waals surface area contributed by atoms with Gasteiger partial charge < -0.3 is 10.1 Å². The first-order valence-electron chi connectivity index (χ1n) is 7.06. The van der Waals surface area contributed by atoms with Crippen LogP contribution in [0.4, 0.5) is 0 Å². The molecule has 0 aromatic carbocycles. The van der Waals surface area contributed by atoms with Gasteiger partial charge in [0.15, 0.2) is 0 Å². The lowest BCUT2D eigenvalue weighted by Gasteiger charge is -2.27. The summed E-state index contributed by atoms with van der Waals surface area (Å²) in [5.41, 5.74) is 0. The predicted octanol–water partition coefficient (Wildman–Crippen LogP) is 2.14. The van der Waals surface area contributed by atoms with Gasteiger partial charge in [-0.05, 0) is 38.5 Å². The molecule has 3 atom stereocenters. The van der Waals surface area contributed by atoms with Crippen molar-refractivity contribution < 1.29 is 9.53 Å². The Hall–Kier alpha value is -1.08. The van der Waals surface area contributed by atoms with Crippen LogP contribution in [0.5, 0.6) is 0 Å². The molecule has 1 heterocycles. The Morgan fingerprint density at radius 1 is 1.28 bits per heavy atom. The third-order valence-corrected chi connectivity index (χ3v) is 4.08. The van der Waals surface area contributed by atoms with Crippen molar-refractivity contribution in [2.45, 2.75) is 70.1 Å². The fourth-order valence-corrected chi connectivity index (χ4v) is 2.96. The number of carbonyl (C=O) groups excluding carboxylic acids is 1. The van der Waals surface area contributed by atoms with Gasteiger partial charge in [-0.15, -0.1) is 0 Å². The number of carbonyl (C=O) groups is 1. The van der Waals surface area contributed by atoms with Crippen LogP contribution in [-0.2, 0) is 9.53 Å². The minimum absolute atomic E-state index is 0.100. The highest BCUT2D eigenvalue weighted by Crippen LogP contribution is 2.27. The summed E-state index contributed by atoms with van der Waals surface area (Å²) in [5, 5.41) is 12.1. The zero-order valence-electron chi connectivity index (χ0n) is 11.0. The maximum absolute atomic E-state index is 12.0. The van der Waals surface area contributed by atoms with Crippen molar-refractivity contribution in [1.29, 1.82) is 5.26 Å².